The zero-order valence-electron chi connectivity index (χ0n) is 25.3. The smallest absolute Gasteiger partial charge is 0.255 e. The first-order chi connectivity index (χ1) is 22.8. The predicted octanol–water partition coefficient (Wildman–Crippen LogP) is 6.13. The molecule has 0 aliphatic heterocycles. The second-order valence-electron chi connectivity index (χ2n) is 11.2. The van der Waals surface area contributed by atoms with Gasteiger partial charge in [0.25, 0.3) is 5.91 Å². The molecule has 0 saturated carbocycles. The van der Waals surface area contributed by atoms with Crippen molar-refractivity contribution in [3.05, 3.63) is 103 Å². The molecule has 4 N–H and O–H groups in total. The molecule has 0 aliphatic rings. The van der Waals surface area contributed by atoms with Crippen molar-refractivity contribution in [3.8, 4) is 33.9 Å². The van der Waals surface area contributed by atoms with E-state index in [0.717, 1.165) is 6.54 Å². The largest absolute Gasteiger partial charge is 0.384 e. The molecule has 1 amide bonds. The fourth-order valence-electron chi connectivity index (χ4n) is 5.31. The number of nitrogens with zero attached hydrogens (tertiary/aromatic N) is 6. The molecule has 7 rings (SSSR count). The standard InChI is InChI=1S/C34H28F2N10O/c1-46(2)11-10-38-23-13-20(12-22(35)15-23)25-8-9-39-32-30(25)42-33(43-32)31-27-26(44-45-31)18-40-29(28(27)36)21-14-24(17-37-16-21)41-34(47)19-6-4-3-5-7-19/h3-9,12-18,38H,10-11H2,1-2H3,(H,41,47)(H,44,45)(H,39,42,43). The van der Waals surface area contributed by atoms with Crippen LogP contribution in [0.4, 0.5) is 20.2 Å². The number of pyridine rings is 3. The number of nitrogens with one attached hydrogen (secondary N) is 4. The van der Waals surface area contributed by atoms with E-state index >= 15 is 4.39 Å². The van der Waals surface area contributed by atoms with E-state index < -0.39 is 11.6 Å². The summed E-state index contributed by atoms with van der Waals surface area (Å²) in [6.45, 7) is 1.43. The van der Waals surface area contributed by atoms with Gasteiger partial charge in [-0.15, -0.1) is 0 Å². The monoisotopic (exact) mass is 630 g/mol. The molecule has 2 aromatic carbocycles. The van der Waals surface area contributed by atoms with Crippen LogP contribution in [0.1, 0.15) is 10.4 Å². The number of hydrogen-bond donors (Lipinski definition) is 4. The van der Waals surface area contributed by atoms with Gasteiger partial charge < -0.3 is 20.5 Å². The number of halogens is 2. The van der Waals surface area contributed by atoms with Gasteiger partial charge in [-0.05, 0) is 62.1 Å². The number of benzene rings is 2. The third kappa shape index (κ3) is 5.99. The first-order valence-electron chi connectivity index (χ1n) is 14.7. The second kappa shape index (κ2) is 12.4. The van der Waals surface area contributed by atoms with Crippen LogP contribution in [0.5, 0.6) is 0 Å². The highest BCUT2D eigenvalue weighted by atomic mass is 19.1. The molecule has 0 bridgehead atoms. The van der Waals surface area contributed by atoms with Crippen molar-refractivity contribution in [3.63, 3.8) is 0 Å². The van der Waals surface area contributed by atoms with Crippen molar-refractivity contribution < 1.29 is 13.6 Å². The number of amides is 1. The zero-order valence-corrected chi connectivity index (χ0v) is 25.3. The molecule has 0 unspecified atom stereocenters. The summed E-state index contributed by atoms with van der Waals surface area (Å²) in [6, 6.07) is 16.8. The van der Waals surface area contributed by atoms with Crippen LogP contribution in [-0.4, -0.2) is 73.1 Å². The maximum Gasteiger partial charge on any atom is 0.255 e. The van der Waals surface area contributed by atoms with Crippen LogP contribution in [0, 0.1) is 11.6 Å². The average Bonchev–Trinajstić information content (AvgIpc) is 3.70. The molecule has 234 valence electrons. The van der Waals surface area contributed by atoms with E-state index in [1.807, 2.05) is 31.1 Å². The topological polar surface area (TPSA) is 140 Å². The molecule has 0 radical (unpaired) electrons. The van der Waals surface area contributed by atoms with Crippen molar-refractivity contribution in [2.24, 2.45) is 0 Å². The minimum atomic E-state index is -0.646. The Morgan fingerprint density at radius 3 is 2.57 bits per heavy atom. The lowest BCUT2D eigenvalue weighted by Crippen LogP contribution is -2.20. The quantitative estimate of drug-likeness (QED) is 0.149. The summed E-state index contributed by atoms with van der Waals surface area (Å²) in [5.74, 6) is -1.09. The number of aromatic nitrogens is 7. The third-order valence-corrected chi connectivity index (χ3v) is 7.56. The zero-order chi connectivity index (χ0) is 32.5. The fraction of sp³-hybridized carbons (Fsp3) is 0.118. The lowest BCUT2D eigenvalue weighted by Gasteiger charge is -2.12. The minimum Gasteiger partial charge on any atom is -0.384 e. The lowest BCUT2D eigenvalue weighted by atomic mass is 10.0. The van der Waals surface area contributed by atoms with Crippen LogP contribution in [0.15, 0.2) is 85.5 Å². The van der Waals surface area contributed by atoms with E-state index in [-0.39, 0.29) is 28.5 Å². The van der Waals surface area contributed by atoms with Gasteiger partial charge in [-0.2, -0.15) is 5.10 Å². The number of aromatic amines is 2. The van der Waals surface area contributed by atoms with Crippen molar-refractivity contribution >= 4 is 39.3 Å². The van der Waals surface area contributed by atoms with Crippen LogP contribution in [-0.2, 0) is 0 Å². The predicted molar refractivity (Wildman–Crippen MR) is 177 cm³/mol. The summed E-state index contributed by atoms with van der Waals surface area (Å²) in [7, 11) is 3.94. The van der Waals surface area contributed by atoms with Gasteiger partial charge in [0.2, 0.25) is 0 Å². The maximum absolute atomic E-state index is 16.3. The molecule has 0 spiro atoms. The highest BCUT2D eigenvalue weighted by molar-refractivity contribution is 6.04. The SMILES string of the molecule is CN(C)CCNc1cc(F)cc(-c2ccnc3[nH]c(-c4n[nH]c5cnc(-c6cncc(NC(=O)c7ccccc7)c6)c(F)c45)nc23)c1. The van der Waals surface area contributed by atoms with E-state index in [2.05, 4.69) is 40.8 Å². The van der Waals surface area contributed by atoms with E-state index in [4.69, 9.17) is 4.98 Å². The number of imidazole rings is 1. The number of hydrogen-bond acceptors (Lipinski definition) is 8. The van der Waals surface area contributed by atoms with Gasteiger partial charge >= 0.3 is 0 Å². The molecule has 0 aliphatic carbocycles. The van der Waals surface area contributed by atoms with Crippen LogP contribution in [0.25, 0.3) is 56.0 Å². The molecule has 7 aromatic rings. The van der Waals surface area contributed by atoms with Crippen molar-refractivity contribution in [1.29, 1.82) is 0 Å². The van der Waals surface area contributed by atoms with Crippen LogP contribution < -0.4 is 10.6 Å². The van der Waals surface area contributed by atoms with Gasteiger partial charge in [0.1, 0.15) is 22.7 Å². The number of likely N-dealkylation sites (N-methyl/N-ethyl adjacent to an activating group) is 1. The minimum absolute atomic E-state index is 0.0208. The van der Waals surface area contributed by atoms with Gasteiger partial charge in [0.05, 0.1) is 29.0 Å². The van der Waals surface area contributed by atoms with Crippen LogP contribution in [0.3, 0.4) is 0 Å². The van der Waals surface area contributed by atoms with Gasteiger partial charge in [-0.1, -0.05) is 18.2 Å². The van der Waals surface area contributed by atoms with Crippen molar-refractivity contribution in [2.75, 3.05) is 37.8 Å². The van der Waals surface area contributed by atoms with Crippen molar-refractivity contribution in [2.45, 2.75) is 0 Å². The normalized spacial score (nSPS) is 11.4. The van der Waals surface area contributed by atoms with Crippen LogP contribution in [0.2, 0.25) is 0 Å². The number of anilines is 2. The molecule has 47 heavy (non-hydrogen) atoms. The molecule has 0 atom stereocenters. The maximum atomic E-state index is 16.3. The molecular formula is C34H28F2N10O. The molecule has 11 nitrogen and oxygen atoms in total. The number of carbonyl (C=O) groups excluding carboxylic acids is 1. The summed E-state index contributed by atoms with van der Waals surface area (Å²) >= 11 is 0. The Balaban J connectivity index is 1.24. The van der Waals surface area contributed by atoms with E-state index in [9.17, 15) is 9.18 Å². The summed E-state index contributed by atoms with van der Waals surface area (Å²) in [5.41, 5.74) is 4.62. The fourth-order valence-corrected chi connectivity index (χ4v) is 5.31. The Bertz CT molecular complexity index is 2250. The molecular weight excluding hydrogens is 602 g/mol. The number of rotatable bonds is 9. The van der Waals surface area contributed by atoms with E-state index in [0.29, 0.717) is 56.9 Å². The summed E-state index contributed by atoms with van der Waals surface area (Å²) in [6.07, 6.45) is 6.02. The first kappa shape index (κ1) is 29.6. The second-order valence-corrected chi connectivity index (χ2v) is 11.2. The number of H-pyrrole nitrogens is 2. The molecule has 13 heteroatoms. The molecule has 5 heterocycles. The number of carbonyl (C=O) groups is 1. The Hall–Kier alpha value is -6.08. The Kier molecular flexibility index (Phi) is 7.80. The van der Waals surface area contributed by atoms with Crippen LogP contribution >= 0.6 is 0 Å². The first-order valence-corrected chi connectivity index (χ1v) is 14.7. The summed E-state index contributed by atoms with van der Waals surface area (Å²) in [4.78, 5) is 35.5. The van der Waals surface area contributed by atoms with E-state index in [1.54, 1.807) is 42.6 Å². The van der Waals surface area contributed by atoms with Crippen molar-refractivity contribution in [1.82, 2.24) is 40.0 Å². The summed E-state index contributed by atoms with van der Waals surface area (Å²) in [5, 5.41) is 13.4. The molecule has 5 aromatic heterocycles. The van der Waals surface area contributed by atoms with Gasteiger partial charge in [-0.25, -0.2) is 18.7 Å². The average molecular weight is 631 g/mol. The highest BCUT2D eigenvalue weighted by Crippen LogP contribution is 2.35. The Labute approximate surface area is 267 Å². The Morgan fingerprint density at radius 2 is 1.74 bits per heavy atom. The molecule has 0 saturated heterocycles. The highest BCUT2D eigenvalue weighted by Gasteiger charge is 2.22. The van der Waals surface area contributed by atoms with E-state index in [1.165, 1.54) is 30.7 Å². The Morgan fingerprint density at radius 1 is 0.915 bits per heavy atom. The lowest BCUT2D eigenvalue weighted by molar-refractivity contribution is 0.102. The van der Waals surface area contributed by atoms with Gasteiger partial charge in [0.15, 0.2) is 17.3 Å². The molecule has 0 fully saturated rings. The van der Waals surface area contributed by atoms with Gasteiger partial charge in [-0.3, -0.25) is 19.9 Å². The number of fused-ring (bicyclic) bond motifs is 2. The summed E-state index contributed by atoms with van der Waals surface area (Å²) < 4.78 is 31.0. The third-order valence-electron chi connectivity index (χ3n) is 7.56. The van der Waals surface area contributed by atoms with Gasteiger partial charge in [0, 0.05) is 47.9 Å².